The number of furan rings is 1. The zero-order valence-corrected chi connectivity index (χ0v) is 25.8. The summed E-state index contributed by atoms with van der Waals surface area (Å²) in [6.07, 6.45) is -0.258. The SMILES string of the molecule is c1ccc(C2=NC(c3ccccc3)NC(c3ccc4c(c3)oc3ccc(-n5c6ccccc6c6cc7ccccc7cc65)cc34)=N2)cc1. The summed E-state index contributed by atoms with van der Waals surface area (Å²) >= 11 is 0. The molecule has 0 saturated carbocycles. The predicted molar refractivity (Wildman–Crippen MR) is 197 cm³/mol. The van der Waals surface area contributed by atoms with Crippen molar-refractivity contribution in [3.63, 3.8) is 0 Å². The summed E-state index contributed by atoms with van der Waals surface area (Å²) < 4.78 is 8.86. The minimum atomic E-state index is -0.258. The zero-order chi connectivity index (χ0) is 31.6. The van der Waals surface area contributed by atoms with Gasteiger partial charge in [0.1, 0.15) is 23.2 Å². The molecule has 5 nitrogen and oxygen atoms in total. The molecule has 0 spiro atoms. The number of fused-ring (bicyclic) bond motifs is 7. The molecule has 1 aliphatic heterocycles. The number of benzene rings is 7. The molecule has 0 fully saturated rings. The van der Waals surface area contributed by atoms with Crippen molar-refractivity contribution in [2.24, 2.45) is 9.98 Å². The first kappa shape index (κ1) is 26.7. The zero-order valence-electron chi connectivity index (χ0n) is 25.8. The van der Waals surface area contributed by atoms with Crippen LogP contribution in [-0.4, -0.2) is 16.2 Å². The van der Waals surface area contributed by atoms with Crippen LogP contribution in [0.5, 0.6) is 0 Å². The fraction of sp³-hybridized carbons (Fsp3) is 0.0233. The van der Waals surface area contributed by atoms with Gasteiger partial charge in [-0.05, 0) is 64.9 Å². The molecule has 0 saturated heterocycles. The van der Waals surface area contributed by atoms with Crippen LogP contribution in [0.15, 0.2) is 172 Å². The molecule has 7 aromatic carbocycles. The molecule has 0 bridgehead atoms. The number of hydrogen-bond donors (Lipinski definition) is 1. The maximum absolute atomic E-state index is 6.49. The lowest BCUT2D eigenvalue weighted by atomic mass is 10.1. The standard InChI is InChI=1S/C43H28N4O/c1-3-11-27(12-4-1)41-44-42(28-13-5-2-6-14-28)46-43(45-41)31-19-21-34-36-26-32(20-22-39(36)48-40(34)25-31)47-37-18-10-9-17-33(37)35-23-29-15-7-8-16-30(29)24-38(35)47/h1-26,41H,(H,44,45,46). The summed E-state index contributed by atoms with van der Waals surface area (Å²) in [6, 6.07) is 55.1. The van der Waals surface area contributed by atoms with E-state index >= 15 is 0 Å². The molecule has 226 valence electrons. The predicted octanol–water partition coefficient (Wildman–Crippen LogP) is 10.3. The third-order valence-electron chi connectivity index (χ3n) is 9.42. The molecule has 48 heavy (non-hydrogen) atoms. The molecule has 0 amide bonds. The van der Waals surface area contributed by atoms with Crippen LogP contribution in [0, 0.1) is 0 Å². The molecule has 10 rings (SSSR count). The Hall–Kier alpha value is -6.46. The third kappa shape index (κ3) is 4.25. The molecular formula is C43H28N4O. The minimum absolute atomic E-state index is 0.258. The number of aliphatic imine (C=N–C) groups is 2. The summed E-state index contributed by atoms with van der Waals surface area (Å²) in [5.41, 5.74) is 8.14. The number of hydrogen-bond acceptors (Lipinski definition) is 4. The van der Waals surface area contributed by atoms with E-state index in [-0.39, 0.29) is 6.17 Å². The number of rotatable bonds is 4. The van der Waals surface area contributed by atoms with E-state index in [0.717, 1.165) is 50.2 Å². The van der Waals surface area contributed by atoms with Crippen molar-refractivity contribution in [2.75, 3.05) is 0 Å². The van der Waals surface area contributed by atoms with E-state index in [4.69, 9.17) is 14.4 Å². The quantitative estimate of drug-likeness (QED) is 0.214. The second-order valence-electron chi connectivity index (χ2n) is 12.3. The number of aromatic nitrogens is 1. The first-order valence-corrected chi connectivity index (χ1v) is 16.2. The van der Waals surface area contributed by atoms with E-state index in [1.54, 1.807) is 0 Å². The van der Waals surface area contributed by atoms with Crippen molar-refractivity contribution >= 4 is 66.2 Å². The maximum Gasteiger partial charge on any atom is 0.159 e. The molecule has 9 aromatic rings. The molecule has 1 atom stereocenters. The van der Waals surface area contributed by atoms with Crippen molar-refractivity contribution < 1.29 is 4.42 Å². The largest absolute Gasteiger partial charge is 0.456 e. The molecule has 2 aromatic heterocycles. The smallest absolute Gasteiger partial charge is 0.159 e. The Bertz CT molecular complexity index is 2750. The second-order valence-corrected chi connectivity index (χ2v) is 12.3. The van der Waals surface area contributed by atoms with Gasteiger partial charge in [0.2, 0.25) is 0 Å². The Kier molecular flexibility index (Phi) is 5.87. The van der Waals surface area contributed by atoms with Crippen LogP contribution in [-0.2, 0) is 0 Å². The van der Waals surface area contributed by atoms with E-state index in [2.05, 4.69) is 119 Å². The van der Waals surface area contributed by atoms with Crippen LogP contribution >= 0.6 is 0 Å². The van der Waals surface area contributed by atoms with Gasteiger partial charge in [-0.1, -0.05) is 109 Å². The molecular weight excluding hydrogens is 589 g/mol. The van der Waals surface area contributed by atoms with E-state index in [9.17, 15) is 0 Å². The number of para-hydroxylation sites is 1. The Balaban J connectivity index is 1.10. The van der Waals surface area contributed by atoms with E-state index in [0.29, 0.717) is 5.84 Å². The normalized spacial score (nSPS) is 14.9. The summed E-state index contributed by atoms with van der Waals surface area (Å²) in [7, 11) is 0. The lowest BCUT2D eigenvalue weighted by molar-refractivity contribution is 0.666. The Morgan fingerprint density at radius 2 is 1.27 bits per heavy atom. The van der Waals surface area contributed by atoms with Crippen LogP contribution < -0.4 is 5.32 Å². The fourth-order valence-electron chi connectivity index (χ4n) is 7.10. The number of nitrogens with one attached hydrogen (secondary N) is 1. The Morgan fingerprint density at radius 3 is 2.12 bits per heavy atom. The molecule has 0 aliphatic carbocycles. The van der Waals surface area contributed by atoms with Crippen LogP contribution in [0.4, 0.5) is 0 Å². The molecule has 1 aliphatic rings. The van der Waals surface area contributed by atoms with Crippen molar-refractivity contribution in [1.29, 1.82) is 0 Å². The summed E-state index contributed by atoms with van der Waals surface area (Å²) in [6.45, 7) is 0. The fourth-order valence-corrected chi connectivity index (χ4v) is 7.10. The van der Waals surface area contributed by atoms with Gasteiger partial charge < -0.3 is 14.3 Å². The van der Waals surface area contributed by atoms with E-state index in [1.165, 1.54) is 32.6 Å². The van der Waals surface area contributed by atoms with Crippen molar-refractivity contribution in [3.8, 4) is 5.69 Å². The van der Waals surface area contributed by atoms with Crippen molar-refractivity contribution in [3.05, 3.63) is 174 Å². The van der Waals surface area contributed by atoms with Gasteiger partial charge in [-0.3, -0.25) is 0 Å². The highest BCUT2D eigenvalue weighted by Crippen LogP contribution is 2.37. The first-order valence-electron chi connectivity index (χ1n) is 16.2. The second kappa shape index (κ2) is 10.5. The molecule has 3 heterocycles. The monoisotopic (exact) mass is 616 g/mol. The van der Waals surface area contributed by atoms with Crippen LogP contribution in [0.1, 0.15) is 22.9 Å². The third-order valence-corrected chi connectivity index (χ3v) is 9.42. The molecule has 5 heteroatoms. The van der Waals surface area contributed by atoms with Crippen LogP contribution in [0.2, 0.25) is 0 Å². The van der Waals surface area contributed by atoms with Gasteiger partial charge in [-0.25, -0.2) is 9.98 Å². The number of amidine groups is 2. The Labute approximate surface area is 276 Å². The van der Waals surface area contributed by atoms with Gasteiger partial charge >= 0.3 is 0 Å². The average molecular weight is 617 g/mol. The van der Waals surface area contributed by atoms with Gasteiger partial charge in [0, 0.05) is 38.4 Å². The topological polar surface area (TPSA) is 54.8 Å². The summed E-state index contributed by atoms with van der Waals surface area (Å²) in [5.74, 6) is 1.46. The average Bonchev–Trinajstić information content (AvgIpc) is 3.68. The summed E-state index contributed by atoms with van der Waals surface area (Å²) in [4.78, 5) is 9.98. The molecule has 1 N–H and O–H groups in total. The highest BCUT2D eigenvalue weighted by Gasteiger charge is 2.22. The van der Waals surface area contributed by atoms with Gasteiger partial charge in [-0.15, -0.1) is 0 Å². The molecule has 0 radical (unpaired) electrons. The summed E-state index contributed by atoms with van der Waals surface area (Å²) in [5, 5.41) is 10.7. The van der Waals surface area contributed by atoms with Gasteiger partial charge in [-0.2, -0.15) is 0 Å². The highest BCUT2D eigenvalue weighted by atomic mass is 16.3. The van der Waals surface area contributed by atoms with E-state index < -0.39 is 0 Å². The molecule has 1 unspecified atom stereocenters. The van der Waals surface area contributed by atoms with Crippen LogP contribution in [0.3, 0.4) is 0 Å². The maximum atomic E-state index is 6.49. The highest BCUT2D eigenvalue weighted by molar-refractivity contribution is 6.16. The van der Waals surface area contributed by atoms with Gasteiger partial charge in [0.15, 0.2) is 5.84 Å². The van der Waals surface area contributed by atoms with Crippen LogP contribution in [0.25, 0.3) is 60.2 Å². The lowest BCUT2D eigenvalue weighted by Crippen LogP contribution is -2.33. The minimum Gasteiger partial charge on any atom is -0.456 e. The van der Waals surface area contributed by atoms with Gasteiger partial charge in [0.05, 0.1) is 11.0 Å². The first-order chi connectivity index (χ1) is 23.8. The number of nitrogens with zero attached hydrogens (tertiary/aromatic N) is 3. The van der Waals surface area contributed by atoms with Crippen molar-refractivity contribution in [1.82, 2.24) is 9.88 Å². The lowest BCUT2D eigenvalue weighted by Gasteiger charge is -2.23. The van der Waals surface area contributed by atoms with Crippen molar-refractivity contribution in [2.45, 2.75) is 6.17 Å². The van der Waals surface area contributed by atoms with Gasteiger partial charge in [0.25, 0.3) is 0 Å². The Morgan fingerprint density at radius 1 is 0.521 bits per heavy atom. The van der Waals surface area contributed by atoms with E-state index in [1.807, 2.05) is 48.5 Å².